The summed E-state index contributed by atoms with van der Waals surface area (Å²) in [6, 6.07) is 20.1. The fraction of sp³-hybridized carbons (Fsp3) is 0.448. The monoisotopic (exact) mass is 488 g/mol. The van der Waals surface area contributed by atoms with E-state index in [0.29, 0.717) is 11.5 Å². The molecular formula is C29H36N4O3. The molecule has 1 aliphatic carbocycles. The van der Waals surface area contributed by atoms with Crippen LogP contribution >= 0.6 is 0 Å². The van der Waals surface area contributed by atoms with Gasteiger partial charge in [-0.3, -0.25) is 9.69 Å². The van der Waals surface area contributed by atoms with Crippen molar-refractivity contribution < 1.29 is 14.1 Å². The molecule has 190 valence electrons. The first-order valence-corrected chi connectivity index (χ1v) is 12.8. The molecule has 1 saturated heterocycles. The predicted octanol–water partition coefficient (Wildman–Crippen LogP) is 4.39. The lowest BCUT2D eigenvalue weighted by Gasteiger charge is -2.52. The highest BCUT2D eigenvalue weighted by Crippen LogP contribution is 2.47. The number of nitrogens with one attached hydrogen (secondary N) is 1. The quantitative estimate of drug-likeness (QED) is 0.507. The maximum absolute atomic E-state index is 12.7. The molecule has 1 aromatic heterocycles. The van der Waals surface area contributed by atoms with Crippen LogP contribution in [0.25, 0.3) is 0 Å². The molecule has 3 aromatic rings. The predicted molar refractivity (Wildman–Crippen MR) is 140 cm³/mol. The van der Waals surface area contributed by atoms with Gasteiger partial charge in [0.2, 0.25) is 0 Å². The summed E-state index contributed by atoms with van der Waals surface area (Å²) in [6.07, 6.45) is 1.81. The van der Waals surface area contributed by atoms with E-state index in [4.69, 9.17) is 9.26 Å². The SMILES string of the molecule is COc1ccc(C(=O)N[C@H]2C[C@@H](Cc3cc(CN4CCN(c5ccccc5)CC4)on3)C2(C)C)cc1. The largest absolute Gasteiger partial charge is 0.497 e. The summed E-state index contributed by atoms with van der Waals surface area (Å²) >= 11 is 0. The molecule has 1 saturated carbocycles. The first-order chi connectivity index (χ1) is 17.4. The Morgan fingerprint density at radius 3 is 2.47 bits per heavy atom. The molecule has 0 spiro atoms. The van der Waals surface area contributed by atoms with E-state index >= 15 is 0 Å². The summed E-state index contributed by atoms with van der Waals surface area (Å²) in [5.41, 5.74) is 2.95. The molecule has 2 aromatic carbocycles. The van der Waals surface area contributed by atoms with Crippen molar-refractivity contribution in [1.82, 2.24) is 15.4 Å². The minimum absolute atomic E-state index is 0.00495. The fourth-order valence-electron chi connectivity index (χ4n) is 5.39. The molecule has 0 bridgehead atoms. The van der Waals surface area contributed by atoms with Crippen molar-refractivity contribution >= 4 is 11.6 Å². The Morgan fingerprint density at radius 1 is 1.08 bits per heavy atom. The van der Waals surface area contributed by atoms with Crippen molar-refractivity contribution in [2.75, 3.05) is 38.2 Å². The molecular weight excluding hydrogens is 452 g/mol. The number of rotatable bonds is 8. The van der Waals surface area contributed by atoms with Crippen molar-refractivity contribution in [1.29, 1.82) is 0 Å². The number of hydrogen-bond donors (Lipinski definition) is 1. The first kappa shape index (κ1) is 24.4. The van der Waals surface area contributed by atoms with E-state index in [0.717, 1.165) is 62.8 Å². The number of piperazine rings is 1. The molecule has 1 aliphatic heterocycles. The second-order valence-electron chi connectivity index (χ2n) is 10.6. The van der Waals surface area contributed by atoms with Gasteiger partial charge in [-0.1, -0.05) is 37.2 Å². The highest BCUT2D eigenvalue weighted by molar-refractivity contribution is 5.94. The van der Waals surface area contributed by atoms with Crippen molar-refractivity contribution in [2.24, 2.45) is 11.3 Å². The maximum atomic E-state index is 12.7. The third kappa shape index (κ3) is 5.26. The molecule has 2 aliphatic rings. The zero-order valence-electron chi connectivity index (χ0n) is 21.4. The molecule has 2 fully saturated rings. The Hall–Kier alpha value is -3.32. The van der Waals surface area contributed by atoms with Gasteiger partial charge < -0.3 is 19.5 Å². The van der Waals surface area contributed by atoms with Gasteiger partial charge in [-0.15, -0.1) is 0 Å². The Balaban J connectivity index is 1.09. The minimum atomic E-state index is -0.0368. The van der Waals surface area contributed by atoms with Gasteiger partial charge in [0.1, 0.15) is 5.75 Å². The Bertz CT molecular complexity index is 1150. The number of carbonyl (C=O) groups excluding carboxylic acids is 1. The van der Waals surface area contributed by atoms with Crippen LogP contribution < -0.4 is 15.0 Å². The first-order valence-electron chi connectivity index (χ1n) is 12.8. The number of nitrogens with zero attached hydrogens (tertiary/aromatic N) is 3. The topological polar surface area (TPSA) is 70.8 Å². The number of carbonyl (C=O) groups is 1. The van der Waals surface area contributed by atoms with Crippen LogP contribution in [0.15, 0.2) is 65.2 Å². The third-order valence-corrected chi connectivity index (χ3v) is 8.06. The standard InChI is InChI=1S/C29H36N4O3/c1-29(2)22(18-27(29)30-28(34)21-9-11-25(35-3)12-10-21)17-23-19-26(36-31-23)20-32-13-15-33(16-14-32)24-7-5-4-6-8-24/h4-12,19,22,27H,13-18,20H2,1-3H3,(H,30,34)/t22-,27+/m1/s1. The van der Waals surface area contributed by atoms with Crippen LogP contribution in [0.4, 0.5) is 5.69 Å². The molecule has 7 nitrogen and oxygen atoms in total. The summed E-state index contributed by atoms with van der Waals surface area (Å²) in [5.74, 6) is 2.09. The average molecular weight is 489 g/mol. The van der Waals surface area contributed by atoms with Gasteiger partial charge in [-0.05, 0) is 60.6 Å². The number of anilines is 1. The average Bonchev–Trinajstić information content (AvgIpc) is 3.35. The van der Waals surface area contributed by atoms with Crippen LogP contribution in [0.3, 0.4) is 0 Å². The molecule has 1 N–H and O–H groups in total. The number of hydrogen-bond acceptors (Lipinski definition) is 6. The highest BCUT2D eigenvalue weighted by Gasteiger charge is 2.48. The molecule has 36 heavy (non-hydrogen) atoms. The number of aromatic nitrogens is 1. The maximum Gasteiger partial charge on any atom is 0.251 e. The number of para-hydroxylation sites is 1. The molecule has 2 atom stereocenters. The van der Waals surface area contributed by atoms with Gasteiger partial charge >= 0.3 is 0 Å². The second-order valence-corrected chi connectivity index (χ2v) is 10.6. The van der Waals surface area contributed by atoms with Crippen LogP contribution in [0, 0.1) is 11.3 Å². The van der Waals surface area contributed by atoms with Crippen LogP contribution in [-0.4, -0.2) is 55.3 Å². The van der Waals surface area contributed by atoms with Crippen LogP contribution in [-0.2, 0) is 13.0 Å². The summed E-state index contributed by atoms with van der Waals surface area (Å²) in [4.78, 5) is 17.6. The number of ether oxygens (including phenoxy) is 1. The lowest BCUT2D eigenvalue weighted by Crippen LogP contribution is -2.58. The third-order valence-electron chi connectivity index (χ3n) is 8.06. The van der Waals surface area contributed by atoms with Crippen molar-refractivity contribution in [3.05, 3.63) is 77.7 Å². The van der Waals surface area contributed by atoms with E-state index in [2.05, 4.69) is 70.5 Å². The van der Waals surface area contributed by atoms with Gasteiger partial charge in [0.05, 0.1) is 19.3 Å². The second kappa shape index (κ2) is 10.3. The van der Waals surface area contributed by atoms with Crippen molar-refractivity contribution in [2.45, 2.75) is 39.3 Å². The summed E-state index contributed by atoms with van der Waals surface area (Å²) < 4.78 is 10.9. The van der Waals surface area contributed by atoms with Gasteiger partial charge in [0.15, 0.2) is 5.76 Å². The minimum Gasteiger partial charge on any atom is -0.497 e. The van der Waals surface area contributed by atoms with E-state index < -0.39 is 0 Å². The van der Waals surface area contributed by atoms with E-state index in [1.54, 1.807) is 19.2 Å². The highest BCUT2D eigenvalue weighted by atomic mass is 16.5. The molecule has 2 heterocycles. The fourth-order valence-corrected chi connectivity index (χ4v) is 5.39. The van der Waals surface area contributed by atoms with E-state index in [1.807, 2.05) is 12.1 Å². The van der Waals surface area contributed by atoms with Crippen LogP contribution in [0.1, 0.15) is 42.1 Å². The normalized spacial score (nSPS) is 21.6. The number of benzene rings is 2. The summed E-state index contributed by atoms with van der Waals surface area (Å²) in [5, 5.41) is 7.59. The molecule has 5 rings (SSSR count). The van der Waals surface area contributed by atoms with Crippen LogP contribution in [0.2, 0.25) is 0 Å². The Labute approximate surface area is 213 Å². The lowest BCUT2D eigenvalue weighted by molar-refractivity contribution is 0.0138. The smallest absolute Gasteiger partial charge is 0.251 e. The molecule has 7 heteroatoms. The lowest BCUT2D eigenvalue weighted by atomic mass is 9.57. The molecule has 0 unspecified atom stereocenters. The summed E-state index contributed by atoms with van der Waals surface area (Å²) in [7, 11) is 1.62. The van der Waals surface area contributed by atoms with E-state index in [9.17, 15) is 4.79 Å². The summed E-state index contributed by atoms with van der Waals surface area (Å²) in [6.45, 7) is 9.31. The Kier molecular flexibility index (Phi) is 7.01. The number of amides is 1. The van der Waals surface area contributed by atoms with E-state index in [-0.39, 0.29) is 17.4 Å². The molecule has 0 radical (unpaired) electrons. The van der Waals surface area contributed by atoms with E-state index in [1.165, 1.54) is 5.69 Å². The number of methoxy groups -OCH3 is 1. The van der Waals surface area contributed by atoms with Crippen molar-refractivity contribution in [3.63, 3.8) is 0 Å². The zero-order valence-corrected chi connectivity index (χ0v) is 21.4. The van der Waals surface area contributed by atoms with Gasteiger partial charge in [-0.25, -0.2) is 0 Å². The van der Waals surface area contributed by atoms with Crippen molar-refractivity contribution in [3.8, 4) is 5.75 Å². The zero-order chi connectivity index (χ0) is 25.1. The Morgan fingerprint density at radius 2 is 1.81 bits per heavy atom. The van der Waals surface area contributed by atoms with Gasteiger partial charge in [0.25, 0.3) is 5.91 Å². The van der Waals surface area contributed by atoms with Gasteiger partial charge in [0, 0.05) is 49.5 Å². The van der Waals surface area contributed by atoms with Crippen LogP contribution in [0.5, 0.6) is 5.75 Å². The van der Waals surface area contributed by atoms with Gasteiger partial charge in [-0.2, -0.15) is 0 Å². The molecule has 1 amide bonds.